The Bertz CT molecular complexity index is 513. The largest absolute Gasteiger partial charge is 0.748 e. The van der Waals surface area contributed by atoms with Gasteiger partial charge >= 0.3 is 0 Å². The van der Waals surface area contributed by atoms with Crippen LogP contribution in [0.25, 0.3) is 0 Å². The maximum absolute atomic E-state index is 10.5. The summed E-state index contributed by atoms with van der Waals surface area (Å²) >= 11 is 0. The van der Waals surface area contributed by atoms with Crippen LogP contribution < -0.4 is 14.2 Å². The van der Waals surface area contributed by atoms with Crippen LogP contribution in [0.1, 0.15) is 18.4 Å². The lowest BCUT2D eigenvalue weighted by Crippen LogP contribution is -2.04. The van der Waals surface area contributed by atoms with Crippen molar-refractivity contribution >= 4 is 10.1 Å². The van der Waals surface area contributed by atoms with E-state index >= 15 is 0 Å². The summed E-state index contributed by atoms with van der Waals surface area (Å²) in [5.41, 5.74) is 0.933. The Balaban J connectivity index is 2.76. The third kappa shape index (κ3) is 4.90. The van der Waals surface area contributed by atoms with Crippen LogP contribution in [0, 0.1) is 0 Å². The first-order valence-electron chi connectivity index (χ1n) is 6.13. The van der Waals surface area contributed by atoms with Crippen LogP contribution in [0.2, 0.25) is 0 Å². The first-order valence-corrected chi connectivity index (χ1v) is 7.71. The zero-order valence-corrected chi connectivity index (χ0v) is 12.7. The van der Waals surface area contributed by atoms with Gasteiger partial charge in [0.1, 0.15) is 0 Å². The SMILES string of the molecule is COc1cc(CCCCS(=O)(=O)[O-])cc(OC)c1OC. The van der Waals surface area contributed by atoms with Crippen LogP contribution in [-0.2, 0) is 16.5 Å². The molecular formula is C13H19O6S-. The molecule has 7 heteroatoms. The molecule has 0 saturated carbocycles. The predicted molar refractivity (Wildman–Crippen MR) is 73.6 cm³/mol. The van der Waals surface area contributed by atoms with E-state index in [-0.39, 0.29) is 5.75 Å². The molecule has 0 unspecified atom stereocenters. The highest BCUT2D eigenvalue weighted by atomic mass is 32.2. The highest BCUT2D eigenvalue weighted by Gasteiger charge is 2.12. The van der Waals surface area contributed by atoms with Gasteiger partial charge in [-0.3, -0.25) is 0 Å². The molecule has 0 bridgehead atoms. The standard InChI is InChI=1S/C13H20O6S/c1-17-11-8-10(6-4-5-7-20(14,15)16)9-12(18-2)13(11)19-3/h8-9H,4-7H2,1-3H3,(H,14,15,16)/p-1. The third-order valence-corrected chi connectivity index (χ3v) is 3.62. The van der Waals surface area contributed by atoms with Crippen molar-refractivity contribution in [1.29, 1.82) is 0 Å². The molecule has 20 heavy (non-hydrogen) atoms. The number of benzene rings is 1. The van der Waals surface area contributed by atoms with E-state index in [2.05, 4.69) is 0 Å². The summed E-state index contributed by atoms with van der Waals surface area (Å²) in [6.07, 6.45) is 1.56. The number of hydrogen-bond acceptors (Lipinski definition) is 6. The van der Waals surface area contributed by atoms with Crippen molar-refractivity contribution in [3.63, 3.8) is 0 Å². The molecule has 0 aliphatic rings. The molecule has 0 aromatic heterocycles. The van der Waals surface area contributed by atoms with Gasteiger partial charge in [0.25, 0.3) is 0 Å². The fourth-order valence-corrected chi connectivity index (χ4v) is 2.45. The van der Waals surface area contributed by atoms with Crippen molar-refractivity contribution in [2.75, 3.05) is 27.1 Å². The summed E-state index contributed by atoms with van der Waals surface area (Å²) in [4.78, 5) is 0. The predicted octanol–water partition coefficient (Wildman–Crippen LogP) is 1.58. The Labute approximate surface area is 119 Å². The van der Waals surface area contributed by atoms with Crippen molar-refractivity contribution in [2.24, 2.45) is 0 Å². The molecule has 0 aliphatic carbocycles. The van der Waals surface area contributed by atoms with E-state index in [1.807, 2.05) is 12.1 Å². The average molecular weight is 303 g/mol. The second-order valence-electron chi connectivity index (χ2n) is 4.25. The molecule has 0 fully saturated rings. The number of ether oxygens (including phenoxy) is 3. The lowest BCUT2D eigenvalue weighted by molar-refractivity contribution is 0.323. The summed E-state index contributed by atoms with van der Waals surface area (Å²) in [5.74, 6) is 1.29. The molecule has 0 spiro atoms. The molecule has 0 atom stereocenters. The monoisotopic (exact) mass is 303 g/mol. The zero-order chi connectivity index (χ0) is 15.2. The quantitative estimate of drug-likeness (QED) is 0.535. The summed E-state index contributed by atoms with van der Waals surface area (Å²) in [6, 6.07) is 3.63. The summed E-state index contributed by atoms with van der Waals surface area (Å²) in [5, 5.41) is 0. The number of rotatable bonds is 8. The second kappa shape index (κ2) is 7.35. The molecule has 6 nitrogen and oxygen atoms in total. The van der Waals surface area contributed by atoms with Gasteiger partial charge in [-0.2, -0.15) is 0 Å². The van der Waals surface area contributed by atoms with Gasteiger partial charge in [-0.1, -0.05) is 0 Å². The number of methoxy groups -OCH3 is 3. The van der Waals surface area contributed by atoms with Gasteiger partial charge in [0.2, 0.25) is 5.75 Å². The van der Waals surface area contributed by atoms with E-state index in [0.717, 1.165) is 5.56 Å². The van der Waals surface area contributed by atoms with Gasteiger partial charge in [0, 0.05) is 5.75 Å². The van der Waals surface area contributed by atoms with E-state index < -0.39 is 10.1 Å². The smallest absolute Gasteiger partial charge is 0.203 e. The molecule has 114 valence electrons. The summed E-state index contributed by atoms with van der Waals surface area (Å²) < 4.78 is 47.2. The van der Waals surface area contributed by atoms with Crippen LogP contribution >= 0.6 is 0 Å². The van der Waals surface area contributed by atoms with Crippen LogP contribution in [0.3, 0.4) is 0 Å². The van der Waals surface area contributed by atoms with E-state index in [9.17, 15) is 13.0 Å². The average Bonchev–Trinajstić information content (AvgIpc) is 2.41. The molecule has 0 radical (unpaired) electrons. The Morgan fingerprint density at radius 3 is 1.95 bits per heavy atom. The van der Waals surface area contributed by atoms with Gasteiger partial charge in [-0.05, 0) is 37.0 Å². The van der Waals surface area contributed by atoms with E-state index in [1.165, 1.54) is 21.3 Å². The first kappa shape index (κ1) is 16.6. The molecule has 0 N–H and O–H groups in total. The van der Waals surface area contributed by atoms with Gasteiger partial charge in [0.15, 0.2) is 11.5 Å². The van der Waals surface area contributed by atoms with Gasteiger partial charge < -0.3 is 18.8 Å². The fraction of sp³-hybridized carbons (Fsp3) is 0.538. The van der Waals surface area contributed by atoms with Gasteiger partial charge in [-0.15, -0.1) is 0 Å². The summed E-state index contributed by atoms with van der Waals surface area (Å²) in [7, 11) is 0.458. The van der Waals surface area contributed by atoms with E-state index in [4.69, 9.17) is 14.2 Å². The minimum absolute atomic E-state index is 0.336. The molecule has 0 saturated heterocycles. The minimum Gasteiger partial charge on any atom is -0.748 e. The normalized spacial score (nSPS) is 11.2. The topological polar surface area (TPSA) is 84.9 Å². The first-order chi connectivity index (χ1) is 9.41. The summed E-state index contributed by atoms with van der Waals surface area (Å²) in [6.45, 7) is 0. The highest BCUT2D eigenvalue weighted by molar-refractivity contribution is 7.85. The van der Waals surface area contributed by atoms with Crippen molar-refractivity contribution in [1.82, 2.24) is 0 Å². The molecule has 0 amide bonds. The maximum Gasteiger partial charge on any atom is 0.203 e. The number of aryl methyl sites for hydroxylation is 1. The second-order valence-corrected chi connectivity index (χ2v) is 5.78. The van der Waals surface area contributed by atoms with Gasteiger partial charge in [0.05, 0.1) is 31.4 Å². The lowest BCUT2D eigenvalue weighted by atomic mass is 10.1. The maximum atomic E-state index is 10.5. The Hall–Kier alpha value is -1.47. The van der Waals surface area contributed by atoms with Gasteiger partial charge in [-0.25, -0.2) is 8.42 Å². The molecular weight excluding hydrogens is 284 g/mol. The van der Waals surface area contributed by atoms with Crippen LogP contribution in [0.5, 0.6) is 17.2 Å². The fourth-order valence-electron chi connectivity index (χ4n) is 1.89. The molecule has 1 rings (SSSR count). The Morgan fingerprint density at radius 2 is 1.55 bits per heavy atom. The van der Waals surface area contributed by atoms with E-state index in [0.29, 0.717) is 36.5 Å². The number of hydrogen-bond donors (Lipinski definition) is 0. The van der Waals surface area contributed by atoms with Crippen LogP contribution in [-0.4, -0.2) is 40.1 Å². The zero-order valence-electron chi connectivity index (χ0n) is 11.8. The molecule has 0 aliphatic heterocycles. The van der Waals surface area contributed by atoms with Crippen molar-refractivity contribution in [3.8, 4) is 17.2 Å². The van der Waals surface area contributed by atoms with Crippen molar-refractivity contribution in [3.05, 3.63) is 17.7 Å². The van der Waals surface area contributed by atoms with Crippen LogP contribution in [0.15, 0.2) is 12.1 Å². The van der Waals surface area contributed by atoms with Crippen molar-refractivity contribution < 1.29 is 27.2 Å². The minimum atomic E-state index is -4.13. The molecule has 1 aromatic carbocycles. The van der Waals surface area contributed by atoms with E-state index in [1.54, 1.807) is 0 Å². The van der Waals surface area contributed by atoms with Crippen molar-refractivity contribution in [2.45, 2.75) is 19.3 Å². The highest BCUT2D eigenvalue weighted by Crippen LogP contribution is 2.38. The Kier molecular flexibility index (Phi) is 6.09. The van der Waals surface area contributed by atoms with Crippen LogP contribution in [0.4, 0.5) is 0 Å². The Morgan fingerprint density at radius 1 is 1.00 bits per heavy atom. The number of unbranched alkanes of at least 4 members (excludes halogenated alkanes) is 1. The lowest BCUT2D eigenvalue weighted by Gasteiger charge is -2.14. The molecule has 1 aromatic rings. The third-order valence-electron chi connectivity index (χ3n) is 2.83. The molecule has 0 heterocycles.